The van der Waals surface area contributed by atoms with Crippen LogP contribution >= 0.6 is 11.6 Å². The third-order valence-corrected chi connectivity index (χ3v) is 5.12. The van der Waals surface area contributed by atoms with Gasteiger partial charge in [-0.15, -0.1) is 0 Å². The largest absolute Gasteiger partial charge is 0.444 e. The third-order valence-electron chi connectivity index (χ3n) is 4.89. The van der Waals surface area contributed by atoms with Gasteiger partial charge in [0.05, 0.1) is 6.07 Å². The number of nitriles is 1. The van der Waals surface area contributed by atoms with E-state index in [1.165, 1.54) is 0 Å². The summed E-state index contributed by atoms with van der Waals surface area (Å²) in [6.07, 6.45) is 2.62. The highest BCUT2D eigenvalue weighted by Crippen LogP contribution is 2.25. The molecule has 0 heterocycles. The minimum Gasteiger partial charge on any atom is -0.444 e. The van der Waals surface area contributed by atoms with Crippen molar-refractivity contribution in [2.75, 3.05) is 0 Å². The van der Waals surface area contributed by atoms with Crippen molar-refractivity contribution in [1.29, 1.82) is 5.26 Å². The van der Waals surface area contributed by atoms with E-state index in [0.29, 0.717) is 10.6 Å². The molecule has 0 bridgehead atoms. The molecule has 0 aromatic heterocycles. The van der Waals surface area contributed by atoms with Gasteiger partial charge >= 0.3 is 12.1 Å². The lowest BCUT2D eigenvalue weighted by Gasteiger charge is -2.27. The summed E-state index contributed by atoms with van der Waals surface area (Å²) in [6.45, 7) is 0.0755. The Labute approximate surface area is 175 Å². The highest BCUT2D eigenvalue weighted by molar-refractivity contribution is 6.30. The predicted molar refractivity (Wildman–Crippen MR) is 109 cm³/mol. The number of halogens is 1. The first-order valence-corrected chi connectivity index (χ1v) is 9.92. The van der Waals surface area contributed by atoms with E-state index < -0.39 is 18.2 Å². The molecule has 1 N–H and O–H groups in total. The van der Waals surface area contributed by atoms with E-state index in [1.807, 2.05) is 36.4 Å². The number of carbonyl (C=O) groups excluding carboxylic acids is 2. The molecule has 6 nitrogen and oxygen atoms in total. The Kier molecular flexibility index (Phi) is 7.09. The van der Waals surface area contributed by atoms with Crippen LogP contribution in [0.5, 0.6) is 0 Å². The zero-order chi connectivity index (χ0) is 20.6. The van der Waals surface area contributed by atoms with Crippen molar-refractivity contribution in [3.05, 3.63) is 70.7 Å². The number of hydrogen-bond acceptors (Lipinski definition) is 4. The Morgan fingerprint density at radius 2 is 1.90 bits per heavy atom. The summed E-state index contributed by atoms with van der Waals surface area (Å²) < 4.78 is 5.39. The van der Waals surface area contributed by atoms with Gasteiger partial charge < -0.3 is 10.1 Å². The SMILES string of the molecule is N#CC(NC(=O)N(C(=O)OCc1ccccc1)C1CCCC1)c1cccc(Cl)c1. The molecular formula is C22H22ClN3O3. The van der Waals surface area contributed by atoms with Crippen LogP contribution in [0.4, 0.5) is 9.59 Å². The lowest BCUT2D eigenvalue weighted by Crippen LogP contribution is -2.49. The molecule has 0 spiro atoms. The number of amides is 3. The summed E-state index contributed by atoms with van der Waals surface area (Å²) in [7, 11) is 0. The molecule has 1 unspecified atom stereocenters. The highest BCUT2D eigenvalue weighted by atomic mass is 35.5. The van der Waals surface area contributed by atoms with E-state index in [9.17, 15) is 14.9 Å². The van der Waals surface area contributed by atoms with Crippen molar-refractivity contribution in [1.82, 2.24) is 10.2 Å². The van der Waals surface area contributed by atoms with Crippen LogP contribution in [0.3, 0.4) is 0 Å². The summed E-state index contributed by atoms with van der Waals surface area (Å²) in [5.41, 5.74) is 1.39. The maximum Gasteiger partial charge on any atom is 0.418 e. The Bertz CT molecular complexity index is 892. The fourth-order valence-corrected chi connectivity index (χ4v) is 3.62. The van der Waals surface area contributed by atoms with Crippen LogP contribution in [-0.4, -0.2) is 23.1 Å². The van der Waals surface area contributed by atoms with Crippen molar-refractivity contribution < 1.29 is 14.3 Å². The number of rotatable bonds is 5. The van der Waals surface area contributed by atoms with Gasteiger partial charge in [0.2, 0.25) is 0 Å². The highest BCUT2D eigenvalue weighted by Gasteiger charge is 2.34. The number of urea groups is 1. The van der Waals surface area contributed by atoms with Crippen molar-refractivity contribution in [2.24, 2.45) is 0 Å². The topological polar surface area (TPSA) is 82.4 Å². The summed E-state index contributed by atoms with van der Waals surface area (Å²) in [4.78, 5) is 26.8. The van der Waals surface area contributed by atoms with E-state index in [0.717, 1.165) is 36.1 Å². The number of ether oxygens (including phenoxy) is 1. The second kappa shape index (κ2) is 9.94. The molecule has 7 heteroatoms. The lowest BCUT2D eigenvalue weighted by molar-refractivity contribution is 0.0913. The number of benzene rings is 2. The smallest absolute Gasteiger partial charge is 0.418 e. The molecule has 29 heavy (non-hydrogen) atoms. The van der Waals surface area contributed by atoms with Crippen LogP contribution in [-0.2, 0) is 11.3 Å². The molecule has 1 aliphatic rings. The average molecular weight is 412 g/mol. The molecule has 3 amide bonds. The monoisotopic (exact) mass is 411 g/mol. The Balaban J connectivity index is 1.72. The van der Waals surface area contributed by atoms with Gasteiger partial charge in [-0.25, -0.2) is 14.5 Å². The molecule has 2 aromatic carbocycles. The first kappa shape index (κ1) is 20.7. The van der Waals surface area contributed by atoms with Crippen molar-refractivity contribution in [3.63, 3.8) is 0 Å². The third kappa shape index (κ3) is 5.49. The van der Waals surface area contributed by atoms with Crippen LogP contribution < -0.4 is 5.32 Å². The van der Waals surface area contributed by atoms with Gasteiger partial charge in [0.15, 0.2) is 0 Å². The molecule has 150 valence electrons. The Morgan fingerprint density at radius 3 is 2.55 bits per heavy atom. The first-order valence-electron chi connectivity index (χ1n) is 9.54. The fraction of sp³-hybridized carbons (Fsp3) is 0.318. The predicted octanol–water partition coefficient (Wildman–Crippen LogP) is 5.20. The maximum absolute atomic E-state index is 12.9. The van der Waals surface area contributed by atoms with Crippen molar-refractivity contribution in [3.8, 4) is 6.07 Å². The molecule has 1 saturated carbocycles. The van der Waals surface area contributed by atoms with E-state index in [1.54, 1.807) is 24.3 Å². The molecule has 0 radical (unpaired) electrons. The zero-order valence-electron chi connectivity index (χ0n) is 15.9. The zero-order valence-corrected chi connectivity index (χ0v) is 16.6. The standard InChI is InChI=1S/C22H22ClN3O3/c23-18-10-6-9-17(13-18)20(14-24)25-21(27)26(19-11-4-5-12-19)22(28)29-15-16-7-2-1-3-8-16/h1-3,6-10,13,19-20H,4-5,11-12,15H2,(H,25,27). The molecule has 3 rings (SSSR count). The van der Waals surface area contributed by atoms with E-state index in [4.69, 9.17) is 16.3 Å². The summed E-state index contributed by atoms with van der Waals surface area (Å²) >= 11 is 5.99. The van der Waals surface area contributed by atoms with Crippen LogP contribution in [0.2, 0.25) is 5.02 Å². The average Bonchev–Trinajstić information content (AvgIpc) is 3.25. The van der Waals surface area contributed by atoms with Gasteiger partial charge in [-0.3, -0.25) is 0 Å². The summed E-state index contributed by atoms with van der Waals surface area (Å²) in [6, 6.07) is 16.2. The molecule has 2 aromatic rings. The fourth-order valence-electron chi connectivity index (χ4n) is 3.42. The summed E-state index contributed by atoms with van der Waals surface area (Å²) in [5, 5.41) is 12.6. The van der Waals surface area contributed by atoms with Gasteiger partial charge in [0, 0.05) is 11.1 Å². The minimum absolute atomic E-state index is 0.0755. The van der Waals surface area contributed by atoms with E-state index >= 15 is 0 Å². The van der Waals surface area contributed by atoms with E-state index in [-0.39, 0.29) is 12.6 Å². The molecule has 0 aliphatic heterocycles. The van der Waals surface area contributed by atoms with Crippen LogP contribution in [0, 0.1) is 11.3 Å². The molecule has 1 aliphatic carbocycles. The second-order valence-electron chi connectivity index (χ2n) is 6.92. The molecule has 0 saturated heterocycles. The minimum atomic E-state index is -0.924. The van der Waals surface area contributed by atoms with Crippen molar-refractivity contribution in [2.45, 2.75) is 44.4 Å². The number of carbonyl (C=O) groups is 2. The molecule has 1 fully saturated rings. The molecular weight excluding hydrogens is 390 g/mol. The summed E-state index contributed by atoms with van der Waals surface area (Å²) in [5.74, 6) is 0. The van der Waals surface area contributed by atoms with Gasteiger partial charge in [-0.05, 0) is 36.1 Å². The second-order valence-corrected chi connectivity index (χ2v) is 7.35. The lowest BCUT2D eigenvalue weighted by atomic mass is 10.1. The van der Waals surface area contributed by atoms with Gasteiger partial charge in [0.25, 0.3) is 0 Å². The van der Waals surface area contributed by atoms with E-state index in [2.05, 4.69) is 5.32 Å². The van der Waals surface area contributed by atoms with Gasteiger partial charge in [-0.1, -0.05) is 66.9 Å². The van der Waals surface area contributed by atoms with Crippen LogP contribution in [0.15, 0.2) is 54.6 Å². The number of hydrogen-bond donors (Lipinski definition) is 1. The number of nitrogens with zero attached hydrogens (tertiary/aromatic N) is 2. The van der Waals surface area contributed by atoms with Gasteiger partial charge in [0.1, 0.15) is 12.6 Å². The number of imide groups is 1. The Morgan fingerprint density at radius 1 is 1.17 bits per heavy atom. The number of nitrogens with one attached hydrogen (secondary N) is 1. The Hall–Kier alpha value is -3.04. The normalized spacial score (nSPS) is 14.6. The first-order chi connectivity index (χ1) is 14.1. The quantitative estimate of drug-likeness (QED) is 0.733. The van der Waals surface area contributed by atoms with Crippen molar-refractivity contribution >= 4 is 23.7 Å². The van der Waals surface area contributed by atoms with Crippen LogP contribution in [0.25, 0.3) is 0 Å². The van der Waals surface area contributed by atoms with Gasteiger partial charge in [-0.2, -0.15) is 5.26 Å². The molecule has 1 atom stereocenters. The maximum atomic E-state index is 12.9. The van der Waals surface area contributed by atoms with Crippen LogP contribution in [0.1, 0.15) is 42.9 Å².